The second-order valence-electron chi connectivity index (χ2n) is 7.38. The Balaban J connectivity index is 1.41. The molecule has 2 aliphatic rings. The van der Waals surface area contributed by atoms with Crippen LogP contribution in [0.4, 0.5) is 0 Å². The molecule has 8 heteroatoms. The van der Waals surface area contributed by atoms with Gasteiger partial charge in [0.25, 0.3) is 0 Å². The average molecular weight is 431 g/mol. The number of rotatable bonds is 3. The van der Waals surface area contributed by atoms with Crippen molar-refractivity contribution in [2.45, 2.75) is 30.1 Å². The summed E-state index contributed by atoms with van der Waals surface area (Å²) < 4.78 is 40.7. The number of fused-ring (bicyclic) bond motifs is 2. The Morgan fingerprint density at radius 3 is 2.72 bits per heavy atom. The number of sulfonamides is 1. The molecule has 2 aliphatic heterocycles. The minimum Gasteiger partial charge on any atom is -0.490 e. The topological polar surface area (TPSA) is 68.7 Å². The highest BCUT2D eigenvalue weighted by Crippen LogP contribution is 2.37. The van der Waals surface area contributed by atoms with Gasteiger partial charge in [-0.3, -0.25) is 0 Å². The van der Waals surface area contributed by atoms with E-state index in [1.165, 1.54) is 0 Å². The van der Waals surface area contributed by atoms with E-state index < -0.39 is 10.0 Å². The number of hydrogen-bond donors (Lipinski definition) is 0. The minimum atomic E-state index is -3.60. The van der Waals surface area contributed by atoms with Gasteiger partial charge in [0, 0.05) is 31.5 Å². The van der Waals surface area contributed by atoms with Crippen LogP contribution < -0.4 is 9.47 Å². The lowest BCUT2D eigenvalue weighted by molar-refractivity contribution is 0.296. The van der Waals surface area contributed by atoms with Crippen molar-refractivity contribution in [2.24, 2.45) is 0 Å². The van der Waals surface area contributed by atoms with Crippen LogP contribution in [0.2, 0.25) is 0 Å². The molecule has 3 aromatic rings. The molecule has 2 aromatic carbocycles. The molecule has 0 amide bonds. The molecule has 1 aromatic heterocycles. The van der Waals surface area contributed by atoms with Crippen LogP contribution in [0.25, 0.3) is 10.2 Å². The van der Waals surface area contributed by atoms with Gasteiger partial charge in [0.1, 0.15) is 0 Å². The number of ether oxygens (including phenoxy) is 2. The highest BCUT2D eigenvalue weighted by Gasteiger charge is 2.33. The Labute approximate surface area is 174 Å². The summed E-state index contributed by atoms with van der Waals surface area (Å²) in [6.07, 6.45) is 2.56. The smallest absolute Gasteiger partial charge is 0.243 e. The number of aromatic nitrogens is 1. The van der Waals surface area contributed by atoms with E-state index in [2.05, 4.69) is 6.07 Å². The number of para-hydroxylation sites is 1. The Hall–Kier alpha value is -2.16. The van der Waals surface area contributed by atoms with E-state index in [0.717, 1.165) is 34.5 Å². The lowest BCUT2D eigenvalue weighted by atomic mass is 10.0. The summed E-state index contributed by atoms with van der Waals surface area (Å²) in [5.41, 5.74) is 0.982. The van der Waals surface area contributed by atoms with Crippen LogP contribution in [0.5, 0.6) is 11.5 Å². The largest absolute Gasteiger partial charge is 0.490 e. The Bertz CT molecular complexity index is 1110. The molecule has 29 heavy (non-hydrogen) atoms. The zero-order valence-corrected chi connectivity index (χ0v) is 17.5. The summed E-state index contributed by atoms with van der Waals surface area (Å²) in [4.78, 5) is 5.01. The number of piperidine rings is 1. The summed E-state index contributed by atoms with van der Waals surface area (Å²) in [6, 6.07) is 13.0. The SMILES string of the molecule is O=S(=O)(c1ccc2c(c1)OCCCO2)N1CCC[C@H](c2nc3ccccc3s2)C1. The predicted octanol–water partition coefficient (Wildman–Crippen LogP) is 4.03. The molecule has 0 unspecified atom stereocenters. The first-order chi connectivity index (χ1) is 14.1. The molecule has 5 rings (SSSR count). The van der Waals surface area contributed by atoms with Crippen LogP contribution in [0, 0.1) is 0 Å². The first kappa shape index (κ1) is 18.8. The molecule has 1 fully saturated rings. The quantitative estimate of drug-likeness (QED) is 0.628. The fraction of sp³-hybridized carbons (Fsp3) is 0.381. The molecular formula is C21H22N2O4S2. The zero-order valence-electron chi connectivity index (χ0n) is 15.9. The van der Waals surface area contributed by atoms with Crippen molar-refractivity contribution in [3.05, 3.63) is 47.5 Å². The van der Waals surface area contributed by atoms with Crippen molar-refractivity contribution >= 4 is 31.6 Å². The average Bonchev–Trinajstić information content (AvgIpc) is 3.04. The van der Waals surface area contributed by atoms with Gasteiger partial charge in [-0.25, -0.2) is 13.4 Å². The van der Waals surface area contributed by atoms with Crippen LogP contribution in [-0.2, 0) is 10.0 Å². The molecule has 1 atom stereocenters. The number of hydrogen-bond acceptors (Lipinski definition) is 6. The third kappa shape index (κ3) is 3.60. The molecule has 0 aliphatic carbocycles. The maximum absolute atomic E-state index is 13.3. The predicted molar refractivity (Wildman–Crippen MR) is 112 cm³/mol. The van der Waals surface area contributed by atoms with Crippen LogP contribution in [-0.4, -0.2) is 44.0 Å². The van der Waals surface area contributed by atoms with Crippen molar-refractivity contribution in [1.82, 2.24) is 9.29 Å². The normalized spacial score (nSPS) is 20.5. The fourth-order valence-electron chi connectivity index (χ4n) is 3.88. The summed E-state index contributed by atoms with van der Waals surface area (Å²) in [6.45, 7) is 2.09. The second-order valence-corrected chi connectivity index (χ2v) is 10.4. The van der Waals surface area contributed by atoms with Crippen molar-refractivity contribution < 1.29 is 17.9 Å². The molecule has 0 spiro atoms. The summed E-state index contributed by atoms with van der Waals surface area (Å²) >= 11 is 1.66. The molecule has 0 N–H and O–H groups in total. The third-order valence-corrected chi connectivity index (χ3v) is 8.46. The Morgan fingerprint density at radius 1 is 1.03 bits per heavy atom. The van der Waals surface area contributed by atoms with Crippen LogP contribution in [0.15, 0.2) is 47.4 Å². The molecule has 0 bridgehead atoms. The highest BCUT2D eigenvalue weighted by molar-refractivity contribution is 7.89. The van der Waals surface area contributed by atoms with E-state index in [-0.39, 0.29) is 10.8 Å². The van der Waals surface area contributed by atoms with Gasteiger partial charge in [-0.2, -0.15) is 4.31 Å². The lowest BCUT2D eigenvalue weighted by Crippen LogP contribution is -2.39. The zero-order chi connectivity index (χ0) is 19.8. The molecule has 0 radical (unpaired) electrons. The summed E-state index contributed by atoms with van der Waals surface area (Å²) in [5.74, 6) is 1.23. The first-order valence-corrected chi connectivity index (χ1v) is 12.1. The van der Waals surface area contributed by atoms with Gasteiger partial charge in [-0.15, -0.1) is 11.3 Å². The van der Waals surface area contributed by atoms with Gasteiger partial charge in [0.15, 0.2) is 11.5 Å². The van der Waals surface area contributed by atoms with E-state index >= 15 is 0 Å². The number of benzene rings is 2. The molecular weight excluding hydrogens is 408 g/mol. The van der Waals surface area contributed by atoms with E-state index in [1.807, 2.05) is 18.2 Å². The molecule has 0 saturated carbocycles. The van der Waals surface area contributed by atoms with Crippen molar-refractivity contribution in [2.75, 3.05) is 26.3 Å². The number of thiazole rings is 1. The molecule has 152 valence electrons. The van der Waals surface area contributed by atoms with Gasteiger partial charge in [-0.1, -0.05) is 12.1 Å². The maximum Gasteiger partial charge on any atom is 0.243 e. The number of nitrogens with zero attached hydrogens (tertiary/aromatic N) is 2. The van der Waals surface area contributed by atoms with Gasteiger partial charge < -0.3 is 9.47 Å². The minimum absolute atomic E-state index is 0.122. The van der Waals surface area contributed by atoms with E-state index in [1.54, 1.807) is 33.8 Å². The van der Waals surface area contributed by atoms with E-state index in [4.69, 9.17) is 14.5 Å². The summed E-state index contributed by atoms with van der Waals surface area (Å²) in [5, 5.41) is 1.02. The first-order valence-electron chi connectivity index (χ1n) is 9.86. The van der Waals surface area contributed by atoms with Crippen molar-refractivity contribution in [3.8, 4) is 11.5 Å². The van der Waals surface area contributed by atoms with Crippen molar-refractivity contribution in [1.29, 1.82) is 0 Å². The maximum atomic E-state index is 13.3. The van der Waals surface area contributed by atoms with Crippen LogP contribution >= 0.6 is 11.3 Å². The Kier molecular flexibility index (Phi) is 4.93. The lowest BCUT2D eigenvalue weighted by Gasteiger charge is -2.31. The van der Waals surface area contributed by atoms with E-state index in [9.17, 15) is 8.42 Å². The van der Waals surface area contributed by atoms with E-state index in [0.29, 0.717) is 37.8 Å². The monoisotopic (exact) mass is 430 g/mol. The summed E-state index contributed by atoms with van der Waals surface area (Å²) in [7, 11) is -3.60. The van der Waals surface area contributed by atoms with Gasteiger partial charge in [0.2, 0.25) is 10.0 Å². The van der Waals surface area contributed by atoms with Gasteiger partial charge in [-0.05, 0) is 37.1 Å². The van der Waals surface area contributed by atoms with Crippen molar-refractivity contribution in [3.63, 3.8) is 0 Å². The third-order valence-electron chi connectivity index (χ3n) is 5.40. The highest BCUT2D eigenvalue weighted by atomic mass is 32.2. The Morgan fingerprint density at radius 2 is 1.86 bits per heavy atom. The molecule has 6 nitrogen and oxygen atoms in total. The van der Waals surface area contributed by atoms with Crippen LogP contribution in [0.1, 0.15) is 30.2 Å². The fourth-order valence-corrected chi connectivity index (χ4v) is 6.51. The molecule has 3 heterocycles. The van der Waals surface area contributed by atoms with Gasteiger partial charge >= 0.3 is 0 Å². The van der Waals surface area contributed by atoms with Gasteiger partial charge in [0.05, 0.1) is 33.3 Å². The van der Waals surface area contributed by atoms with Crippen LogP contribution in [0.3, 0.4) is 0 Å². The second kappa shape index (κ2) is 7.59. The molecule has 1 saturated heterocycles. The standard InChI is InChI=1S/C21H22N2O4S2/c24-29(25,16-8-9-18-19(13-16)27-12-4-11-26-18)23-10-3-5-15(14-23)21-22-17-6-1-2-7-20(17)28-21/h1-2,6-9,13,15H,3-5,10-12,14H2/t15-/m0/s1.